The average Bonchev–Trinajstić information content (AvgIpc) is 3.40. The van der Waals surface area contributed by atoms with Crippen molar-refractivity contribution in [3.8, 4) is 17.4 Å². The zero-order valence-corrected chi connectivity index (χ0v) is 17.1. The number of hydrogen-bond acceptors (Lipinski definition) is 6. The van der Waals surface area contributed by atoms with Crippen molar-refractivity contribution in [3.05, 3.63) is 70.4 Å². The third-order valence-electron chi connectivity index (χ3n) is 6.57. The van der Waals surface area contributed by atoms with Gasteiger partial charge in [0, 0.05) is 24.9 Å². The summed E-state index contributed by atoms with van der Waals surface area (Å²) >= 11 is 0. The monoisotopic (exact) mass is 438 g/mol. The SMILES string of the molecule is O=c1nc(OCc2ccc(Oc3ccnc(C(F)F)c3)cc2)cc2n1CC13CC(CN21)C3. The maximum atomic E-state index is 12.8. The van der Waals surface area contributed by atoms with Crippen LogP contribution in [-0.4, -0.2) is 26.6 Å². The first kappa shape index (κ1) is 19.2. The van der Waals surface area contributed by atoms with Gasteiger partial charge in [0.2, 0.25) is 5.88 Å². The highest BCUT2D eigenvalue weighted by molar-refractivity contribution is 5.54. The van der Waals surface area contributed by atoms with E-state index in [1.165, 1.54) is 18.3 Å². The minimum Gasteiger partial charge on any atom is -0.473 e. The Morgan fingerprint density at radius 1 is 1.12 bits per heavy atom. The van der Waals surface area contributed by atoms with Crippen LogP contribution < -0.4 is 20.1 Å². The predicted octanol–water partition coefficient (Wildman–Crippen LogP) is 3.93. The molecule has 1 aliphatic carbocycles. The summed E-state index contributed by atoms with van der Waals surface area (Å²) in [5.41, 5.74) is 0.386. The number of halogens is 2. The molecule has 3 fully saturated rings. The quantitative estimate of drug-likeness (QED) is 0.581. The lowest BCUT2D eigenvalue weighted by Gasteiger charge is -2.37. The van der Waals surface area contributed by atoms with E-state index >= 15 is 0 Å². The molecule has 0 unspecified atom stereocenters. The number of rotatable bonds is 6. The van der Waals surface area contributed by atoms with Crippen molar-refractivity contribution in [3.63, 3.8) is 0 Å². The zero-order chi connectivity index (χ0) is 21.9. The minimum absolute atomic E-state index is 0.123. The molecular weight excluding hydrogens is 418 g/mol. The maximum absolute atomic E-state index is 12.8. The molecule has 0 amide bonds. The first-order valence-corrected chi connectivity index (χ1v) is 10.5. The van der Waals surface area contributed by atoms with Crippen LogP contribution in [0.3, 0.4) is 0 Å². The number of nitrogens with zero attached hydrogens (tertiary/aromatic N) is 4. The van der Waals surface area contributed by atoms with E-state index in [1.807, 2.05) is 18.2 Å². The Morgan fingerprint density at radius 3 is 2.72 bits per heavy atom. The van der Waals surface area contributed by atoms with Crippen molar-refractivity contribution < 1.29 is 18.3 Å². The van der Waals surface area contributed by atoms with Crippen LogP contribution in [-0.2, 0) is 13.2 Å². The Morgan fingerprint density at radius 2 is 1.94 bits per heavy atom. The van der Waals surface area contributed by atoms with Crippen molar-refractivity contribution in [2.45, 2.75) is 38.0 Å². The Hall–Kier alpha value is -3.49. The van der Waals surface area contributed by atoms with Crippen LogP contribution >= 0.6 is 0 Å². The lowest BCUT2D eigenvalue weighted by atomic mass is 9.74. The molecular formula is C23H20F2N4O3. The Bertz CT molecular complexity index is 1240. The summed E-state index contributed by atoms with van der Waals surface area (Å²) in [7, 11) is 0. The van der Waals surface area contributed by atoms with Gasteiger partial charge in [-0.2, -0.15) is 4.98 Å². The van der Waals surface area contributed by atoms with Gasteiger partial charge < -0.3 is 14.4 Å². The fourth-order valence-electron chi connectivity index (χ4n) is 5.14. The molecule has 3 aliphatic heterocycles. The van der Waals surface area contributed by atoms with Crippen molar-refractivity contribution in [1.29, 1.82) is 0 Å². The van der Waals surface area contributed by atoms with E-state index in [1.54, 1.807) is 16.7 Å². The van der Waals surface area contributed by atoms with Crippen molar-refractivity contribution >= 4 is 5.82 Å². The van der Waals surface area contributed by atoms with Gasteiger partial charge >= 0.3 is 5.69 Å². The smallest absolute Gasteiger partial charge is 0.352 e. The first-order chi connectivity index (χ1) is 15.5. The zero-order valence-electron chi connectivity index (χ0n) is 17.1. The molecule has 4 aliphatic rings. The Labute approximate surface area is 182 Å². The summed E-state index contributed by atoms with van der Waals surface area (Å²) in [6, 6.07) is 11.7. The fourth-order valence-corrected chi connectivity index (χ4v) is 5.14. The molecule has 1 spiro atoms. The molecule has 3 aromatic rings. The predicted molar refractivity (Wildman–Crippen MR) is 111 cm³/mol. The minimum atomic E-state index is -2.65. The van der Waals surface area contributed by atoms with Gasteiger partial charge in [-0.1, -0.05) is 12.1 Å². The standard InChI is InChI=1S/C23H20F2N4O3/c24-21(25)18-7-17(5-6-26-18)32-16-3-1-14(2-4-16)12-31-19-8-20-28(22(30)27-19)13-23-9-15(10-23)11-29(20)23/h1-8,15,21H,9-13H2. The van der Waals surface area contributed by atoms with Crippen LogP contribution in [0.25, 0.3) is 0 Å². The molecule has 2 saturated heterocycles. The lowest BCUT2D eigenvalue weighted by molar-refractivity contribution is 0.145. The van der Waals surface area contributed by atoms with E-state index in [2.05, 4.69) is 14.9 Å². The molecule has 2 bridgehead atoms. The highest BCUT2D eigenvalue weighted by atomic mass is 19.3. The molecule has 9 heteroatoms. The molecule has 2 aromatic heterocycles. The van der Waals surface area contributed by atoms with Gasteiger partial charge in [0.1, 0.15) is 29.6 Å². The number of anilines is 1. The number of fused-ring (bicyclic) bond motifs is 1. The molecule has 7 nitrogen and oxygen atoms in total. The van der Waals surface area contributed by atoms with Crippen LogP contribution in [0.15, 0.2) is 53.5 Å². The van der Waals surface area contributed by atoms with E-state index in [9.17, 15) is 13.6 Å². The third kappa shape index (κ3) is 3.11. The Kier molecular flexibility index (Phi) is 4.21. The van der Waals surface area contributed by atoms with Crippen molar-refractivity contribution in [2.24, 2.45) is 5.92 Å². The molecule has 0 atom stereocenters. The Balaban J connectivity index is 1.13. The highest BCUT2D eigenvalue weighted by Crippen LogP contribution is 2.56. The molecule has 32 heavy (non-hydrogen) atoms. The van der Waals surface area contributed by atoms with E-state index < -0.39 is 6.43 Å². The second kappa shape index (κ2) is 7.01. The molecule has 0 N–H and O–H groups in total. The molecule has 1 aromatic carbocycles. The summed E-state index contributed by atoms with van der Waals surface area (Å²) < 4.78 is 38.8. The number of ether oxygens (including phenoxy) is 2. The second-order valence-corrected chi connectivity index (χ2v) is 8.68. The van der Waals surface area contributed by atoms with Gasteiger partial charge in [-0.3, -0.25) is 9.55 Å². The highest BCUT2D eigenvalue weighted by Gasteiger charge is 2.60. The maximum Gasteiger partial charge on any atom is 0.352 e. The van der Waals surface area contributed by atoms with Crippen molar-refractivity contribution in [2.75, 3.05) is 11.4 Å². The van der Waals surface area contributed by atoms with Crippen LogP contribution in [0.1, 0.15) is 30.5 Å². The van der Waals surface area contributed by atoms with Gasteiger partial charge in [-0.15, -0.1) is 0 Å². The van der Waals surface area contributed by atoms with Crippen LogP contribution in [0.5, 0.6) is 17.4 Å². The van der Waals surface area contributed by atoms with E-state index in [0.29, 0.717) is 17.4 Å². The molecule has 164 valence electrons. The van der Waals surface area contributed by atoms with E-state index in [-0.39, 0.29) is 23.5 Å². The first-order valence-electron chi connectivity index (χ1n) is 10.5. The van der Waals surface area contributed by atoms with Gasteiger partial charge in [-0.05, 0) is 42.5 Å². The van der Waals surface area contributed by atoms with Gasteiger partial charge in [0.15, 0.2) is 0 Å². The summed E-state index contributed by atoms with van der Waals surface area (Å²) in [4.78, 5) is 22.6. The van der Waals surface area contributed by atoms with E-state index in [4.69, 9.17) is 9.47 Å². The average molecular weight is 438 g/mol. The molecule has 5 heterocycles. The summed E-state index contributed by atoms with van der Waals surface area (Å²) in [6.07, 6.45) is 0.947. The largest absolute Gasteiger partial charge is 0.473 e. The fraction of sp³-hybridized carbons (Fsp3) is 0.348. The normalized spacial score (nSPS) is 22.5. The van der Waals surface area contributed by atoms with Crippen LogP contribution in [0, 0.1) is 5.92 Å². The lowest BCUT2D eigenvalue weighted by Crippen LogP contribution is -2.44. The summed E-state index contributed by atoms with van der Waals surface area (Å²) in [5.74, 6) is 2.77. The van der Waals surface area contributed by atoms with Crippen LogP contribution in [0.2, 0.25) is 0 Å². The van der Waals surface area contributed by atoms with Gasteiger partial charge in [-0.25, -0.2) is 13.6 Å². The third-order valence-corrected chi connectivity index (χ3v) is 6.57. The van der Waals surface area contributed by atoms with Crippen molar-refractivity contribution in [1.82, 2.24) is 14.5 Å². The molecule has 0 radical (unpaired) electrons. The second-order valence-electron chi connectivity index (χ2n) is 8.68. The van der Waals surface area contributed by atoms with Crippen LogP contribution in [0.4, 0.5) is 14.6 Å². The molecule has 7 rings (SSSR count). The summed E-state index contributed by atoms with van der Waals surface area (Å²) in [6.45, 7) is 1.97. The number of alkyl halides is 2. The molecule has 1 saturated carbocycles. The number of pyridine rings is 1. The topological polar surface area (TPSA) is 69.5 Å². The summed E-state index contributed by atoms with van der Waals surface area (Å²) in [5, 5.41) is 0. The van der Waals surface area contributed by atoms with Gasteiger partial charge in [0.25, 0.3) is 6.43 Å². The number of aromatic nitrogens is 3. The number of benzene rings is 1. The number of hydrogen-bond donors (Lipinski definition) is 0. The van der Waals surface area contributed by atoms with E-state index in [0.717, 1.165) is 43.2 Å². The van der Waals surface area contributed by atoms with Gasteiger partial charge in [0.05, 0.1) is 12.1 Å².